The molecule has 1 amide bonds. The SMILES string of the molecule is CC(=NCCCC1C=NNC1=O)c1ccccc1O. The van der Waals surface area contributed by atoms with Crippen molar-refractivity contribution in [1.82, 2.24) is 5.43 Å². The van der Waals surface area contributed by atoms with Crippen LogP contribution in [0.5, 0.6) is 5.75 Å². The van der Waals surface area contributed by atoms with Gasteiger partial charge in [-0.3, -0.25) is 9.79 Å². The van der Waals surface area contributed by atoms with E-state index in [2.05, 4.69) is 15.5 Å². The number of hydrogen-bond acceptors (Lipinski definition) is 4. The van der Waals surface area contributed by atoms with E-state index in [0.717, 1.165) is 24.1 Å². The number of aliphatic imine (C=N–C) groups is 1. The van der Waals surface area contributed by atoms with Crippen molar-refractivity contribution in [1.29, 1.82) is 0 Å². The lowest BCUT2D eigenvalue weighted by atomic mass is 10.1. The molecule has 1 unspecified atom stereocenters. The van der Waals surface area contributed by atoms with Gasteiger partial charge in [-0.05, 0) is 31.9 Å². The van der Waals surface area contributed by atoms with Crippen molar-refractivity contribution in [2.75, 3.05) is 6.54 Å². The summed E-state index contributed by atoms with van der Waals surface area (Å²) in [7, 11) is 0. The van der Waals surface area contributed by atoms with Crippen molar-refractivity contribution >= 4 is 17.8 Å². The van der Waals surface area contributed by atoms with Crippen LogP contribution in [0.4, 0.5) is 0 Å². The lowest BCUT2D eigenvalue weighted by Crippen LogP contribution is -2.19. The molecule has 0 bridgehead atoms. The molecular formula is C14H17N3O2. The van der Waals surface area contributed by atoms with Crippen molar-refractivity contribution in [2.24, 2.45) is 16.0 Å². The van der Waals surface area contributed by atoms with Crippen LogP contribution < -0.4 is 5.43 Å². The molecule has 1 aliphatic rings. The Balaban J connectivity index is 1.84. The van der Waals surface area contributed by atoms with Crippen LogP contribution in [0.25, 0.3) is 0 Å². The maximum absolute atomic E-state index is 11.3. The highest BCUT2D eigenvalue weighted by molar-refractivity contribution is 6.01. The van der Waals surface area contributed by atoms with Gasteiger partial charge in [0.1, 0.15) is 5.75 Å². The molecule has 1 aromatic carbocycles. The van der Waals surface area contributed by atoms with Gasteiger partial charge in [0.15, 0.2) is 0 Å². The van der Waals surface area contributed by atoms with Crippen LogP contribution in [0, 0.1) is 5.92 Å². The Morgan fingerprint density at radius 3 is 2.95 bits per heavy atom. The van der Waals surface area contributed by atoms with Gasteiger partial charge in [0.25, 0.3) is 0 Å². The Labute approximate surface area is 112 Å². The number of nitrogens with zero attached hydrogens (tertiary/aromatic N) is 2. The van der Waals surface area contributed by atoms with Gasteiger partial charge in [0.2, 0.25) is 5.91 Å². The van der Waals surface area contributed by atoms with Crippen molar-refractivity contribution in [2.45, 2.75) is 19.8 Å². The van der Waals surface area contributed by atoms with Crippen molar-refractivity contribution in [3.8, 4) is 5.75 Å². The summed E-state index contributed by atoms with van der Waals surface area (Å²) in [5, 5.41) is 13.4. The third kappa shape index (κ3) is 3.40. The monoisotopic (exact) mass is 259 g/mol. The average Bonchev–Trinajstić information content (AvgIpc) is 2.80. The Bertz CT molecular complexity index is 523. The number of phenols is 1. The number of hydrogen-bond donors (Lipinski definition) is 2. The van der Waals surface area contributed by atoms with E-state index in [4.69, 9.17) is 0 Å². The number of aromatic hydroxyl groups is 1. The summed E-state index contributed by atoms with van der Waals surface area (Å²) >= 11 is 0. The van der Waals surface area contributed by atoms with Crippen molar-refractivity contribution in [3.63, 3.8) is 0 Å². The van der Waals surface area contributed by atoms with Gasteiger partial charge in [0, 0.05) is 24.0 Å². The molecule has 0 fully saturated rings. The molecule has 5 nitrogen and oxygen atoms in total. The molecule has 19 heavy (non-hydrogen) atoms. The smallest absolute Gasteiger partial charge is 0.248 e. The van der Waals surface area contributed by atoms with Crippen LogP contribution in [0.3, 0.4) is 0 Å². The van der Waals surface area contributed by atoms with Crippen molar-refractivity contribution in [3.05, 3.63) is 29.8 Å². The van der Waals surface area contributed by atoms with Gasteiger partial charge in [-0.1, -0.05) is 12.1 Å². The average molecular weight is 259 g/mol. The number of para-hydroxylation sites is 1. The fourth-order valence-electron chi connectivity index (χ4n) is 1.97. The lowest BCUT2D eigenvalue weighted by molar-refractivity contribution is -0.122. The van der Waals surface area contributed by atoms with Crippen LogP contribution >= 0.6 is 0 Å². The van der Waals surface area contributed by atoms with Crippen LogP contribution in [0.1, 0.15) is 25.3 Å². The first kappa shape index (κ1) is 13.3. The third-order valence-corrected chi connectivity index (χ3v) is 3.08. The molecule has 0 aromatic heterocycles. The molecule has 1 aliphatic heterocycles. The van der Waals surface area contributed by atoms with Gasteiger partial charge in [0.05, 0.1) is 5.92 Å². The van der Waals surface area contributed by atoms with Gasteiger partial charge in [-0.25, -0.2) is 5.43 Å². The van der Waals surface area contributed by atoms with Crippen LogP contribution in [0.2, 0.25) is 0 Å². The molecule has 0 aliphatic carbocycles. The zero-order chi connectivity index (χ0) is 13.7. The predicted octanol–water partition coefficient (Wildman–Crippen LogP) is 1.71. The summed E-state index contributed by atoms with van der Waals surface area (Å²) in [4.78, 5) is 15.7. The first-order valence-electron chi connectivity index (χ1n) is 6.31. The number of rotatable bonds is 5. The zero-order valence-corrected chi connectivity index (χ0v) is 10.8. The standard InChI is InChI=1S/C14H17N3O2/c1-10(12-6-2-3-7-13(12)18)15-8-4-5-11-9-16-17-14(11)19/h2-3,6-7,9,11,18H,4-5,8H2,1H3,(H,17,19). The molecule has 0 radical (unpaired) electrons. The largest absolute Gasteiger partial charge is 0.507 e. The Kier molecular flexibility index (Phi) is 4.28. The number of phenolic OH excluding ortho intramolecular Hbond substituents is 1. The topological polar surface area (TPSA) is 74.0 Å². The molecule has 1 heterocycles. The molecular weight excluding hydrogens is 242 g/mol. The summed E-state index contributed by atoms with van der Waals surface area (Å²) in [5.41, 5.74) is 3.97. The molecule has 1 atom stereocenters. The first-order valence-corrected chi connectivity index (χ1v) is 6.31. The van der Waals surface area contributed by atoms with Gasteiger partial charge in [-0.2, -0.15) is 5.10 Å². The minimum absolute atomic E-state index is 0.0404. The van der Waals surface area contributed by atoms with Gasteiger partial charge in [-0.15, -0.1) is 0 Å². The molecule has 2 rings (SSSR count). The second kappa shape index (κ2) is 6.13. The number of carbonyl (C=O) groups excluding carboxylic acids is 1. The fourth-order valence-corrected chi connectivity index (χ4v) is 1.97. The summed E-state index contributed by atoms with van der Waals surface area (Å²) in [6, 6.07) is 7.14. The Morgan fingerprint density at radius 1 is 1.47 bits per heavy atom. The highest BCUT2D eigenvalue weighted by atomic mass is 16.3. The molecule has 0 saturated carbocycles. The van der Waals surface area contributed by atoms with Crippen LogP contribution in [0.15, 0.2) is 34.4 Å². The maximum Gasteiger partial charge on any atom is 0.248 e. The van der Waals surface area contributed by atoms with E-state index < -0.39 is 0 Å². The summed E-state index contributed by atoms with van der Waals surface area (Å²) < 4.78 is 0. The van der Waals surface area contributed by atoms with Gasteiger partial charge < -0.3 is 5.11 Å². The summed E-state index contributed by atoms with van der Waals surface area (Å²) in [5.74, 6) is 0.0769. The van der Waals surface area contributed by atoms with E-state index in [-0.39, 0.29) is 17.6 Å². The van der Waals surface area contributed by atoms with E-state index in [1.54, 1.807) is 18.3 Å². The van der Waals surface area contributed by atoms with Crippen LogP contribution in [-0.2, 0) is 4.79 Å². The number of benzene rings is 1. The molecule has 0 spiro atoms. The maximum atomic E-state index is 11.3. The number of hydrazone groups is 1. The predicted molar refractivity (Wildman–Crippen MR) is 74.5 cm³/mol. The van der Waals surface area contributed by atoms with E-state index >= 15 is 0 Å². The van der Waals surface area contributed by atoms with Crippen molar-refractivity contribution < 1.29 is 9.90 Å². The van der Waals surface area contributed by atoms with Crippen LogP contribution in [-0.4, -0.2) is 29.5 Å². The highest BCUT2D eigenvalue weighted by Gasteiger charge is 2.19. The van der Waals surface area contributed by atoms with E-state index in [1.807, 2.05) is 19.1 Å². The summed E-state index contributed by atoms with van der Waals surface area (Å²) in [6.07, 6.45) is 3.20. The Morgan fingerprint density at radius 2 is 2.26 bits per heavy atom. The van der Waals surface area contributed by atoms with E-state index in [9.17, 15) is 9.90 Å². The molecule has 1 aromatic rings. The minimum atomic E-state index is -0.124. The fraction of sp³-hybridized carbons (Fsp3) is 0.357. The molecule has 100 valence electrons. The summed E-state index contributed by atoms with van der Waals surface area (Å²) in [6.45, 7) is 2.51. The number of carbonyl (C=O) groups is 1. The van der Waals surface area contributed by atoms with Gasteiger partial charge >= 0.3 is 0 Å². The minimum Gasteiger partial charge on any atom is -0.507 e. The van der Waals surface area contributed by atoms with E-state index in [0.29, 0.717) is 6.54 Å². The lowest BCUT2D eigenvalue weighted by Gasteiger charge is -2.05. The normalized spacial score (nSPS) is 18.7. The quantitative estimate of drug-likeness (QED) is 0.624. The molecule has 0 saturated heterocycles. The zero-order valence-electron chi connectivity index (χ0n) is 10.8. The highest BCUT2D eigenvalue weighted by Crippen LogP contribution is 2.16. The first-order chi connectivity index (χ1) is 9.18. The number of nitrogens with one attached hydrogen (secondary N) is 1. The molecule has 2 N–H and O–H groups in total. The van der Waals surface area contributed by atoms with E-state index in [1.165, 1.54) is 0 Å². The Hall–Kier alpha value is -2.17. The molecule has 5 heteroatoms. The third-order valence-electron chi connectivity index (χ3n) is 3.08. The second-order valence-corrected chi connectivity index (χ2v) is 4.49. The number of amides is 1. The second-order valence-electron chi connectivity index (χ2n) is 4.49.